The minimum atomic E-state index is 0.582. The lowest BCUT2D eigenvalue weighted by Gasteiger charge is -2.24. The van der Waals surface area contributed by atoms with Crippen molar-refractivity contribution < 1.29 is 0 Å². The highest BCUT2D eigenvalue weighted by molar-refractivity contribution is 7.80. The quantitative estimate of drug-likeness (QED) is 0.117. The molecule has 0 aromatic heterocycles. The third kappa shape index (κ3) is 21.8. The second kappa shape index (κ2) is 25.5. The lowest BCUT2D eigenvalue weighted by atomic mass is 9.99. The van der Waals surface area contributed by atoms with Crippen molar-refractivity contribution >= 4 is 75.8 Å². The van der Waals surface area contributed by atoms with Gasteiger partial charge in [-0.3, -0.25) is 4.90 Å². The van der Waals surface area contributed by atoms with Crippen LogP contribution in [0.4, 0.5) is 0 Å². The molecule has 0 saturated carbocycles. The van der Waals surface area contributed by atoms with Crippen LogP contribution in [-0.4, -0.2) is 71.6 Å². The van der Waals surface area contributed by atoms with Gasteiger partial charge in [0.15, 0.2) is 0 Å². The Hall–Kier alpha value is 1.24. The van der Waals surface area contributed by atoms with Crippen LogP contribution in [0.1, 0.15) is 70.6 Å². The Morgan fingerprint density at radius 2 is 1.03 bits per heavy atom. The minimum Gasteiger partial charge on any atom is -0.302 e. The Morgan fingerprint density at radius 3 is 1.31 bits per heavy atom. The third-order valence-corrected chi connectivity index (χ3v) is 7.00. The first-order valence-corrected chi connectivity index (χ1v) is 16.6. The van der Waals surface area contributed by atoms with Crippen LogP contribution in [0.15, 0.2) is 18.2 Å². The summed E-state index contributed by atoms with van der Waals surface area (Å²) >= 11 is 25.4. The van der Waals surface area contributed by atoms with E-state index in [0.717, 1.165) is 66.6 Å². The van der Waals surface area contributed by atoms with Gasteiger partial charge in [0.2, 0.25) is 0 Å². The van der Waals surface area contributed by atoms with E-state index in [1.807, 2.05) is 0 Å². The van der Waals surface area contributed by atoms with E-state index < -0.39 is 0 Å². The van der Waals surface area contributed by atoms with E-state index in [4.69, 9.17) is 0 Å². The molecule has 208 valence electrons. The second-order valence-corrected chi connectivity index (χ2v) is 12.0. The summed E-state index contributed by atoms with van der Waals surface area (Å²) in [5, 5.41) is 0. The lowest BCUT2D eigenvalue weighted by Crippen LogP contribution is -2.34. The summed E-state index contributed by atoms with van der Waals surface area (Å²) in [5.41, 5.74) is 3.97. The average molecular weight is 599 g/mol. The first kappa shape index (κ1) is 38.4. The maximum atomic E-state index is 4.29. The second-order valence-electron chi connectivity index (χ2n) is 9.60. The van der Waals surface area contributed by atoms with Gasteiger partial charge in [0.05, 0.1) is 0 Å². The first-order chi connectivity index (χ1) is 16.6. The molecule has 0 radical (unpaired) electrons. The highest BCUT2D eigenvalue weighted by atomic mass is 32.1. The van der Waals surface area contributed by atoms with Crippen LogP contribution in [0, 0.1) is 5.92 Å². The van der Waals surface area contributed by atoms with Crippen LogP contribution in [0.3, 0.4) is 0 Å². The fourth-order valence-electron chi connectivity index (χ4n) is 3.25. The molecule has 0 aliphatic carbocycles. The van der Waals surface area contributed by atoms with Crippen LogP contribution < -0.4 is 0 Å². The van der Waals surface area contributed by atoms with E-state index >= 15 is 0 Å². The zero-order valence-electron chi connectivity index (χ0n) is 23.0. The van der Waals surface area contributed by atoms with Gasteiger partial charge in [0.25, 0.3) is 0 Å². The van der Waals surface area contributed by atoms with Gasteiger partial charge < -0.3 is 4.90 Å². The summed E-state index contributed by atoms with van der Waals surface area (Å²) < 4.78 is 0. The van der Waals surface area contributed by atoms with E-state index in [1.165, 1.54) is 29.7 Å². The number of hydrogen-bond acceptors (Lipinski definition) is 8. The largest absolute Gasteiger partial charge is 0.302 e. The van der Waals surface area contributed by atoms with Crippen molar-refractivity contribution in [2.45, 2.75) is 71.4 Å². The highest BCUT2D eigenvalue weighted by Crippen LogP contribution is 2.20. The van der Waals surface area contributed by atoms with E-state index in [9.17, 15) is 0 Å². The van der Waals surface area contributed by atoms with Crippen molar-refractivity contribution in [3.8, 4) is 0 Å². The molecule has 2 nitrogen and oxygen atoms in total. The van der Waals surface area contributed by atoms with Gasteiger partial charge >= 0.3 is 0 Å². The molecule has 0 N–H and O–H groups in total. The van der Waals surface area contributed by atoms with Crippen LogP contribution in [-0.2, 0) is 11.5 Å². The predicted molar refractivity (Wildman–Crippen MR) is 184 cm³/mol. The third-order valence-electron chi connectivity index (χ3n) is 5.47. The first-order valence-electron chi connectivity index (χ1n) is 12.8. The summed E-state index contributed by atoms with van der Waals surface area (Å²) in [6.45, 7) is 18.9. The van der Waals surface area contributed by atoms with Gasteiger partial charge in [0, 0.05) is 66.7 Å². The van der Waals surface area contributed by atoms with Crippen molar-refractivity contribution in [3.63, 3.8) is 0 Å². The topological polar surface area (TPSA) is 6.48 Å². The van der Waals surface area contributed by atoms with Gasteiger partial charge in [-0.15, -0.1) is 0 Å². The average Bonchev–Trinajstić information content (AvgIpc) is 2.83. The monoisotopic (exact) mass is 598 g/mol. The minimum absolute atomic E-state index is 0.582. The summed E-state index contributed by atoms with van der Waals surface area (Å²) in [7, 11) is 0. The van der Waals surface area contributed by atoms with Gasteiger partial charge in [-0.2, -0.15) is 75.8 Å². The molecule has 0 atom stereocenters. The Morgan fingerprint density at radius 1 is 0.600 bits per heavy atom. The number of thiol groups is 6. The van der Waals surface area contributed by atoms with Crippen molar-refractivity contribution in [1.29, 1.82) is 0 Å². The molecule has 0 spiro atoms. The molecule has 0 heterocycles. The van der Waals surface area contributed by atoms with Crippen LogP contribution in [0.5, 0.6) is 0 Å². The zero-order chi connectivity index (χ0) is 27.2. The van der Waals surface area contributed by atoms with Crippen molar-refractivity contribution in [1.82, 2.24) is 9.80 Å². The molecule has 0 aliphatic rings. The van der Waals surface area contributed by atoms with E-state index in [2.05, 4.69) is 145 Å². The predicted octanol–water partition coefficient (Wildman–Crippen LogP) is 7.42. The molecule has 0 saturated heterocycles. The van der Waals surface area contributed by atoms with Crippen LogP contribution >= 0.6 is 75.8 Å². The molecular weight excluding hydrogens is 545 g/mol. The summed E-state index contributed by atoms with van der Waals surface area (Å²) in [4.78, 5) is 4.81. The Balaban J connectivity index is 0. The molecule has 8 heteroatoms. The Kier molecular flexibility index (Phi) is 28.0. The summed E-state index contributed by atoms with van der Waals surface area (Å²) in [6, 6.07) is 7.25. The van der Waals surface area contributed by atoms with Gasteiger partial charge in [-0.25, -0.2) is 0 Å². The highest BCUT2D eigenvalue weighted by Gasteiger charge is 2.06. The zero-order valence-corrected chi connectivity index (χ0v) is 28.4. The summed E-state index contributed by atoms with van der Waals surface area (Å²) in [6.07, 6.45) is 1.28. The molecule has 0 amide bonds. The normalized spacial score (nSPS) is 11.2. The Labute approximate surface area is 252 Å². The van der Waals surface area contributed by atoms with Crippen LogP contribution in [0.25, 0.3) is 0 Å². The fourth-order valence-corrected chi connectivity index (χ4v) is 4.70. The van der Waals surface area contributed by atoms with Crippen molar-refractivity contribution in [3.05, 3.63) is 34.9 Å². The maximum Gasteiger partial charge on any atom is 0.0154 e. The molecular formula is C27H54N2S6. The van der Waals surface area contributed by atoms with Gasteiger partial charge in [-0.05, 0) is 55.3 Å². The molecule has 0 unspecified atom stereocenters. The SMILES string of the molecule is CC(C)CCN(CCS)CCS.CC(C)N(CCS)CCS.CC(C)c1cc(CS)cc(CS)c1. The van der Waals surface area contributed by atoms with E-state index in [0.29, 0.717) is 12.0 Å². The maximum absolute atomic E-state index is 4.29. The molecule has 0 aliphatic heterocycles. The van der Waals surface area contributed by atoms with E-state index in [1.54, 1.807) is 0 Å². The number of nitrogens with zero attached hydrogens (tertiary/aromatic N) is 2. The lowest BCUT2D eigenvalue weighted by molar-refractivity contribution is 0.251. The fraction of sp³-hybridized carbons (Fsp3) is 0.778. The van der Waals surface area contributed by atoms with E-state index in [-0.39, 0.29) is 0 Å². The van der Waals surface area contributed by atoms with Crippen molar-refractivity contribution in [2.24, 2.45) is 5.92 Å². The molecule has 0 bridgehead atoms. The van der Waals surface area contributed by atoms with Crippen LogP contribution in [0.2, 0.25) is 0 Å². The van der Waals surface area contributed by atoms with Crippen molar-refractivity contribution in [2.75, 3.05) is 55.7 Å². The van der Waals surface area contributed by atoms with Gasteiger partial charge in [0.1, 0.15) is 0 Å². The molecule has 1 rings (SSSR count). The number of hydrogen-bond donors (Lipinski definition) is 6. The Bertz CT molecular complexity index is 565. The van der Waals surface area contributed by atoms with Gasteiger partial charge in [-0.1, -0.05) is 45.9 Å². The molecule has 1 aromatic carbocycles. The molecule has 35 heavy (non-hydrogen) atoms. The molecule has 0 fully saturated rings. The molecule has 1 aromatic rings. The number of rotatable bonds is 15. The summed E-state index contributed by atoms with van der Waals surface area (Å²) in [5.74, 6) is 6.77. The smallest absolute Gasteiger partial charge is 0.0154 e. The number of benzene rings is 1. The standard InChI is InChI=1S/C11H16S2.C9H21NS2.C7H17NS2/c1-8(2)11-4-9(6-12)3-10(5-11)7-13;1-9(2)3-4-10(5-7-11)6-8-12;1-7(2)8(3-5-9)4-6-10/h3-5,8,12-13H,6-7H2,1-2H3;9,11-12H,3-8H2,1-2H3;7,9-10H,3-6H2,1-2H3.